The smallest absolute Gasteiger partial charge is 0.111 e. The molecular formula is C24H56O6. The van der Waals surface area contributed by atoms with Crippen LogP contribution in [0.25, 0.3) is 0 Å². The summed E-state index contributed by atoms with van der Waals surface area (Å²) in [5.41, 5.74) is -0.226. The van der Waals surface area contributed by atoms with E-state index in [0.717, 1.165) is 6.42 Å². The minimum Gasteiger partial charge on any atom is -0.499 e. The number of hydrogen-bond acceptors (Lipinski definition) is 6. The molecule has 0 saturated carbocycles. The second kappa shape index (κ2) is 35.0. The zero-order valence-electron chi connectivity index (χ0n) is 14.9. The summed E-state index contributed by atoms with van der Waals surface area (Å²) in [6.45, 7) is 17.1. The monoisotopic (exact) mass is 440 g/mol. The van der Waals surface area contributed by atoms with Gasteiger partial charge in [-0.3, -0.25) is 0 Å². The van der Waals surface area contributed by atoms with E-state index in [1.54, 1.807) is 0 Å². The molecule has 0 aliphatic heterocycles. The first-order chi connectivity index (χ1) is 11.7. The summed E-state index contributed by atoms with van der Waals surface area (Å²) < 4.78 is 32.3. The highest BCUT2D eigenvalue weighted by Crippen LogP contribution is 2.24. The van der Waals surface area contributed by atoms with Crippen LogP contribution in [-0.2, 0) is 28.4 Å². The van der Waals surface area contributed by atoms with Crippen molar-refractivity contribution in [3.63, 3.8) is 0 Å². The molecule has 0 bridgehead atoms. The van der Waals surface area contributed by atoms with Crippen LogP contribution in [0.2, 0.25) is 0 Å². The zero-order chi connectivity index (χ0) is 17.9. The summed E-state index contributed by atoms with van der Waals surface area (Å²) in [6, 6.07) is 0. The molecular weight excluding hydrogens is 384 g/mol. The molecule has 6 heteroatoms. The van der Waals surface area contributed by atoms with Crippen molar-refractivity contribution >= 4 is 0 Å². The first-order valence-corrected chi connectivity index (χ1v) is 8.15. The van der Waals surface area contributed by atoms with Gasteiger partial charge in [-0.1, -0.05) is 71.2 Å². The molecule has 0 rings (SSSR count). The van der Waals surface area contributed by atoms with E-state index in [1.807, 2.05) is 0 Å². The van der Waals surface area contributed by atoms with Crippen molar-refractivity contribution in [1.29, 1.82) is 0 Å². The van der Waals surface area contributed by atoms with Crippen LogP contribution in [0.5, 0.6) is 0 Å². The standard InChI is InChI=1S/C18H32O6.6CH4/c1-5-18(15-22-12-9-19-6-2,16-23-13-10-20-7-3)17-24-14-11-21-8-4;;;;;;/h6-8H,2-5,9-17H2,1H3;6*1H4. The second-order valence-corrected chi connectivity index (χ2v) is 5.12. The quantitative estimate of drug-likeness (QED) is 0.164. The van der Waals surface area contributed by atoms with Gasteiger partial charge >= 0.3 is 0 Å². The van der Waals surface area contributed by atoms with Gasteiger partial charge in [-0.05, 0) is 6.42 Å². The highest BCUT2D eigenvalue weighted by atomic mass is 16.5. The molecule has 0 atom stereocenters. The van der Waals surface area contributed by atoms with Crippen LogP contribution in [0.3, 0.4) is 0 Å². The van der Waals surface area contributed by atoms with E-state index in [9.17, 15) is 0 Å². The Labute approximate surface area is 190 Å². The molecule has 0 aliphatic rings. The fraction of sp³-hybridized carbons (Fsp3) is 0.750. The first kappa shape index (κ1) is 46.6. The van der Waals surface area contributed by atoms with Crippen molar-refractivity contribution in [2.75, 3.05) is 59.5 Å². The molecule has 0 aromatic heterocycles. The Hall–Kier alpha value is -1.50. The van der Waals surface area contributed by atoms with Gasteiger partial charge in [0.2, 0.25) is 0 Å². The van der Waals surface area contributed by atoms with E-state index in [0.29, 0.717) is 59.5 Å². The second-order valence-electron chi connectivity index (χ2n) is 5.12. The topological polar surface area (TPSA) is 55.4 Å². The van der Waals surface area contributed by atoms with Crippen molar-refractivity contribution in [1.82, 2.24) is 0 Å². The Morgan fingerprint density at radius 3 is 1.00 bits per heavy atom. The minimum absolute atomic E-state index is 0. The predicted octanol–water partition coefficient (Wildman–Crippen LogP) is 6.73. The van der Waals surface area contributed by atoms with Crippen LogP contribution in [0.15, 0.2) is 38.5 Å². The Balaban J connectivity index is -0.000000176. The van der Waals surface area contributed by atoms with Gasteiger partial charge in [0.25, 0.3) is 0 Å². The summed E-state index contributed by atoms with van der Waals surface area (Å²) >= 11 is 0. The molecule has 0 fully saturated rings. The fourth-order valence-corrected chi connectivity index (χ4v) is 1.87. The Kier molecular flexibility index (Phi) is 54.4. The third kappa shape index (κ3) is 26.5. The van der Waals surface area contributed by atoms with Crippen LogP contribution in [0.1, 0.15) is 57.9 Å². The van der Waals surface area contributed by atoms with Gasteiger partial charge in [0.1, 0.15) is 19.8 Å². The fourth-order valence-electron chi connectivity index (χ4n) is 1.87. The lowest BCUT2D eigenvalue weighted by Gasteiger charge is -2.32. The Morgan fingerprint density at radius 2 is 0.800 bits per heavy atom. The lowest BCUT2D eigenvalue weighted by molar-refractivity contribution is -0.0825. The molecule has 0 unspecified atom stereocenters. The van der Waals surface area contributed by atoms with E-state index in [2.05, 4.69) is 26.7 Å². The van der Waals surface area contributed by atoms with Crippen LogP contribution < -0.4 is 0 Å². The summed E-state index contributed by atoms with van der Waals surface area (Å²) in [4.78, 5) is 0. The highest BCUT2D eigenvalue weighted by molar-refractivity contribution is 4.78. The summed E-state index contributed by atoms with van der Waals surface area (Å²) in [5.74, 6) is 0. The molecule has 0 aromatic carbocycles. The van der Waals surface area contributed by atoms with Gasteiger partial charge in [-0.15, -0.1) is 0 Å². The molecule has 0 amide bonds. The molecule has 0 radical (unpaired) electrons. The van der Waals surface area contributed by atoms with E-state index in [-0.39, 0.29) is 50.0 Å². The summed E-state index contributed by atoms with van der Waals surface area (Å²) in [6.07, 6.45) is 5.07. The van der Waals surface area contributed by atoms with Gasteiger partial charge in [0.05, 0.1) is 58.4 Å². The lowest BCUT2D eigenvalue weighted by atomic mass is 9.88. The normalized spacial score (nSPS) is 8.70. The molecule has 0 aromatic rings. The molecule has 0 N–H and O–H groups in total. The molecule has 0 saturated heterocycles. The van der Waals surface area contributed by atoms with Crippen molar-refractivity contribution in [2.24, 2.45) is 5.41 Å². The maximum Gasteiger partial charge on any atom is 0.111 e. The van der Waals surface area contributed by atoms with Crippen molar-refractivity contribution in [2.45, 2.75) is 57.9 Å². The average Bonchev–Trinajstić information content (AvgIpc) is 2.60. The number of hydrogen-bond donors (Lipinski definition) is 0. The maximum atomic E-state index is 5.72. The zero-order valence-corrected chi connectivity index (χ0v) is 14.9. The van der Waals surface area contributed by atoms with Gasteiger partial charge in [-0.25, -0.2) is 0 Å². The molecule has 0 heterocycles. The van der Waals surface area contributed by atoms with Crippen LogP contribution >= 0.6 is 0 Å². The van der Waals surface area contributed by atoms with E-state index >= 15 is 0 Å². The largest absolute Gasteiger partial charge is 0.499 e. The average molecular weight is 441 g/mol. The van der Waals surface area contributed by atoms with E-state index < -0.39 is 0 Å². The predicted molar refractivity (Wildman–Crippen MR) is 134 cm³/mol. The summed E-state index contributed by atoms with van der Waals surface area (Å²) in [7, 11) is 0. The Bertz CT molecular complexity index is 275. The van der Waals surface area contributed by atoms with Crippen molar-refractivity contribution in [3.8, 4) is 0 Å². The molecule has 30 heavy (non-hydrogen) atoms. The lowest BCUT2D eigenvalue weighted by Crippen LogP contribution is -2.38. The van der Waals surface area contributed by atoms with Crippen LogP contribution in [0, 0.1) is 5.41 Å². The molecule has 6 nitrogen and oxygen atoms in total. The van der Waals surface area contributed by atoms with E-state index in [4.69, 9.17) is 28.4 Å². The van der Waals surface area contributed by atoms with Crippen molar-refractivity contribution < 1.29 is 28.4 Å². The maximum absolute atomic E-state index is 5.72. The molecule has 0 spiro atoms. The van der Waals surface area contributed by atoms with Gasteiger partial charge in [-0.2, -0.15) is 0 Å². The SMILES string of the molecule is C.C.C.C.C.C.C=COCCOCC(CC)(COCCOC=C)COCCOC=C. The van der Waals surface area contributed by atoms with Crippen LogP contribution in [-0.4, -0.2) is 59.5 Å². The third-order valence-electron chi connectivity index (χ3n) is 3.36. The third-order valence-corrected chi connectivity index (χ3v) is 3.36. The molecule has 0 aliphatic carbocycles. The van der Waals surface area contributed by atoms with Crippen molar-refractivity contribution in [3.05, 3.63) is 38.5 Å². The minimum atomic E-state index is -0.226. The highest BCUT2D eigenvalue weighted by Gasteiger charge is 2.29. The first-order valence-electron chi connectivity index (χ1n) is 8.15. The number of rotatable bonds is 19. The number of ether oxygens (including phenoxy) is 6. The Morgan fingerprint density at radius 1 is 0.533 bits per heavy atom. The van der Waals surface area contributed by atoms with Crippen LogP contribution in [0.4, 0.5) is 0 Å². The molecule has 188 valence electrons. The van der Waals surface area contributed by atoms with Gasteiger partial charge in [0, 0.05) is 5.41 Å². The van der Waals surface area contributed by atoms with Gasteiger partial charge in [0.15, 0.2) is 0 Å². The van der Waals surface area contributed by atoms with E-state index in [1.165, 1.54) is 18.8 Å². The van der Waals surface area contributed by atoms with Gasteiger partial charge < -0.3 is 28.4 Å². The summed E-state index contributed by atoms with van der Waals surface area (Å²) in [5, 5.41) is 0.